The Balaban J connectivity index is 1.86. The number of aromatic nitrogens is 3. The van der Waals surface area contributed by atoms with Crippen molar-refractivity contribution in [3.05, 3.63) is 50.9 Å². The summed E-state index contributed by atoms with van der Waals surface area (Å²) in [5.74, 6) is 0.0743. The molecule has 2 N–H and O–H groups in total. The highest BCUT2D eigenvalue weighted by molar-refractivity contribution is 7.99. The van der Waals surface area contributed by atoms with Gasteiger partial charge in [0.25, 0.3) is 5.56 Å². The maximum Gasteiger partial charge on any atom is 0.278 e. The maximum atomic E-state index is 13.0. The number of fused-ring (bicyclic) bond motifs is 1. The van der Waals surface area contributed by atoms with Crippen LogP contribution in [0.3, 0.4) is 0 Å². The number of thioether (sulfide) groups is 1. The number of carbonyl (C=O) groups excluding carboxylic acids is 1. The number of carbonyl (C=O) groups is 1. The Kier molecular flexibility index (Phi) is 6.17. The fourth-order valence-electron chi connectivity index (χ4n) is 3.55. The number of nitrogens with zero attached hydrogens (tertiary/aromatic N) is 2. The third kappa shape index (κ3) is 4.40. The summed E-state index contributed by atoms with van der Waals surface area (Å²) in [4.78, 5) is 33.4. The molecule has 0 saturated heterocycles. The first-order valence-corrected chi connectivity index (χ1v) is 10.8. The molecule has 1 atom stereocenters. The van der Waals surface area contributed by atoms with E-state index in [1.54, 1.807) is 4.57 Å². The van der Waals surface area contributed by atoms with Crippen LogP contribution in [-0.4, -0.2) is 26.2 Å². The zero-order valence-corrected chi connectivity index (χ0v) is 18.7. The third-order valence-corrected chi connectivity index (χ3v) is 6.04. The van der Waals surface area contributed by atoms with Crippen molar-refractivity contribution in [1.29, 1.82) is 0 Å². The summed E-state index contributed by atoms with van der Waals surface area (Å²) in [6.45, 7) is 12.0. The average molecular weight is 413 g/mol. The lowest BCUT2D eigenvalue weighted by Gasteiger charge is -2.17. The van der Waals surface area contributed by atoms with Gasteiger partial charge >= 0.3 is 0 Å². The van der Waals surface area contributed by atoms with E-state index in [2.05, 4.69) is 27.4 Å². The number of aryl methyl sites for hydroxylation is 4. The molecule has 0 bridgehead atoms. The Hall–Kier alpha value is -2.54. The molecule has 154 valence electrons. The first-order chi connectivity index (χ1) is 13.7. The largest absolute Gasteiger partial charge is 0.353 e. The van der Waals surface area contributed by atoms with E-state index in [1.165, 1.54) is 17.3 Å². The van der Waals surface area contributed by atoms with E-state index < -0.39 is 0 Å². The monoisotopic (exact) mass is 412 g/mol. The summed E-state index contributed by atoms with van der Waals surface area (Å²) in [5.41, 5.74) is 6.06. The predicted octanol–water partition coefficient (Wildman–Crippen LogP) is 4.66. The second-order valence-corrected chi connectivity index (χ2v) is 8.59. The normalized spacial score (nSPS) is 12.3. The molecule has 0 aliphatic carbocycles. The van der Waals surface area contributed by atoms with Crippen molar-refractivity contribution in [3.63, 3.8) is 0 Å². The highest BCUT2D eigenvalue weighted by Gasteiger charge is 2.18. The number of nitrogens with one attached hydrogen (secondary N) is 2. The molecule has 0 fully saturated rings. The zero-order valence-electron chi connectivity index (χ0n) is 17.8. The molecule has 29 heavy (non-hydrogen) atoms. The number of H-pyrrole nitrogens is 1. The van der Waals surface area contributed by atoms with Crippen molar-refractivity contribution < 1.29 is 4.79 Å². The lowest BCUT2D eigenvalue weighted by atomic mass is 10.1. The SMILES string of the molecule is CCC(C)n1c(SCC(=O)Nc2c(C)cc(C)cc2C)nc2cc(C)[nH]c2c1=O. The van der Waals surface area contributed by atoms with E-state index in [1.807, 2.05) is 47.6 Å². The van der Waals surface area contributed by atoms with Crippen molar-refractivity contribution >= 4 is 34.4 Å². The summed E-state index contributed by atoms with van der Waals surface area (Å²) < 4.78 is 1.69. The molecule has 0 aliphatic rings. The van der Waals surface area contributed by atoms with E-state index in [4.69, 9.17) is 0 Å². The minimum absolute atomic E-state index is 0.00449. The predicted molar refractivity (Wildman–Crippen MR) is 120 cm³/mol. The number of benzene rings is 1. The van der Waals surface area contributed by atoms with Crippen LogP contribution in [-0.2, 0) is 4.79 Å². The second kappa shape index (κ2) is 8.45. The molecule has 2 heterocycles. The van der Waals surface area contributed by atoms with Crippen molar-refractivity contribution in [2.45, 2.75) is 59.2 Å². The van der Waals surface area contributed by atoms with Crippen LogP contribution in [0.1, 0.15) is 48.7 Å². The molecule has 1 aromatic carbocycles. The van der Waals surface area contributed by atoms with Crippen LogP contribution < -0.4 is 10.9 Å². The third-order valence-electron chi connectivity index (χ3n) is 5.09. The number of amides is 1. The molecule has 3 rings (SSSR count). The molecule has 7 heteroatoms. The number of aromatic amines is 1. The van der Waals surface area contributed by atoms with Gasteiger partial charge in [-0.1, -0.05) is 36.4 Å². The van der Waals surface area contributed by atoms with Crippen LogP contribution in [0.4, 0.5) is 5.69 Å². The molecule has 0 radical (unpaired) electrons. The van der Waals surface area contributed by atoms with Crippen LogP contribution in [0.15, 0.2) is 28.2 Å². The van der Waals surface area contributed by atoms with E-state index in [0.29, 0.717) is 16.2 Å². The highest BCUT2D eigenvalue weighted by atomic mass is 32.2. The quantitative estimate of drug-likeness (QED) is 0.456. The topological polar surface area (TPSA) is 79.8 Å². The average Bonchev–Trinajstić information content (AvgIpc) is 3.03. The van der Waals surface area contributed by atoms with Crippen LogP contribution in [0, 0.1) is 27.7 Å². The first kappa shape index (κ1) is 21.2. The number of anilines is 1. The molecule has 2 aromatic heterocycles. The van der Waals surface area contributed by atoms with Gasteiger partial charge in [-0.2, -0.15) is 0 Å². The minimum Gasteiger partial charge on any atom is -0.353 e. The lowest BCUT2D eigenvalue weighted by Crippen LogP contribution is -2.26. The van der Waals surface area contributed by atoms with Crippen LogP contribution >= 0.6 is 11.8 Å². The van der Waals surface area contributed by atoms with Crippen molar-refractivity contribution in [1.82, 2.24) is 14.5 Å². The van der Waals surface area contributed by atoms with Gasteiger partial charge in [0.15, 0.2) is 5.16 Å². The van der Waals surface area contributed by atoms with Gasteiger partial charge in [-0.15, -0.1) is 0 Å². The molecule has 0 aliphatic heterocycles. The van der Waals surface area contributed by atoms with Gasteiger partial charge in [-0.05, 0) is 58.2 Å². The summed E-state index contributed by atoms with van der Waals surface area (Å²) in [5, 5.41) is 3.59. The Morgan fingerprint density at radius 1 is 1.21 bits per heavy atom. The molecule has 3 aromatic rings. The number of hydrogen-bond donors (Lipinski definition) is 2. The molecular formula is C22H28N4O2S. The van der Waals surface area contributed by atoms with Gasteiger partial charge in [-0.3, -0.25) is 14.2 Å². The first-order valence-electron chi connectivity index (χ1n) is 9.83. The maximum absolute atomic E-state index is 13.0. The zero-order chi connectivity index (χ0) is 21.3. The highest BCUT2D eigenvalue weighted by Crippen LogP contribution is 2.25. The minimum atomic E-state index is -0.111. The van der Waals surface area contributed by atoms with Gasteiger partial charge in [-0.25, -0.2) is 4.98 Å². The van der Waals surface area contributed by atoms with Crippen molar-refractivity contribution in [2.24, 2.45) is 0 Å². The van der Waals surface area contributed by atoms with Gasteiger partial charge in [0, 0.05) is 17.4 Å². The van der Waals surface area contributed by atoms with Gasteiger partial charge < -0.3 is 10.3 Å². The molecule has 0 saturated carbocycles. The summed E-state index contributed by atoms with van der Waals surface area (Å²) in [7, 11) is 0. The second-order valence-electron chi connectivity index (χ2n) is 7.65. The fraction of sp³-hybridized carbons (Fsp3) is 0.409. The summed E-state index contributed by atoms with van der Waals surface area (Å²) in [6, 6.07) is 5.97. The molecule has 6 nitrogen and oxygen atoms in total. The van der Waals surface area contributed by atoms with Crippen LogP contribution in [0.25, 0.3) is 11.0 Å². The Morgan fingerprint density at radius 3 is 2.48 bits per heavy atom. The number of rotatable bonds is 6. The standard InChI is InChI=1S/C22H28N4O2S/c1-7-16(6)26-21(28)20-17(10-15(5)23-20)24-22(26)29-11-18(27)25-19-13(3)8-12(2)9-14(19)4/h8-10,16,23H,7,11H2,1-6H3,(H,25,27). The van der Waals surface area contributed by atoms with Crippen molar-refractivity contribution in [2.75, 3.05) is 11.1 Å². The lowest BCUT2D eigenvalue weighted by molar-refractivity contribution is -0.113. The smallest absolute Gasteiger partial charge is 0.278 e. The number of hydrogen-bond acceptors (Lipinski definition) is 4. The van der Waals surface area contributed by atoms with Gasteiger partial charge in [0.2, 0.25) is 5.91 Å². The van der Waals surface area contributed by atoms with E-state index >= 15 is 0 Å². The van der Waals surface area contributed by atoms with E-state index in [0.717, 1.165) is 28.9 Å². The van der Waals surface area contributed by atoms with E-state index in [9.17, 15) is 9.59 Å². The van der Waals surface area contributed by atoms with Gasteiger partial charge in [0.05, 0.1) is 11.3 Å². The fourth-order valence-corrected chi connectivity index (χ4v) is 4.44. The van der Waals surface area contributed by atoms with Crippen LogP contribution in [0.2, 0.25) is 0 Å². The summed E-state index contributed by atoms with van der Waals surface area (Å²) >= 11 is 1.30. The molecule has 0 spiro atoms. The van der Waals surface area contributed by atoms with Gasteiger partial charge in [0.1, 0.15) is 5.52 Å². The van der Waals surface area contributed by atoms with E-state index in [-0.39, 0.29) is 23.3 Å². The Morgan fingerprint density at radius 2 is 1.86 bits per heavy atom. The molecule has 1 amide bonds. The van der Waals surface area contributed by atoms with Crippen LogP contribution in [0.5, 0.6) is 0 Å². The molecular weight excluding hydrogens is 384 g/mol. The Bertz CT molecular complexity index is 1110. The molecule has 1 unspecified atom stereocenters. The van der Waals surface area contributed by atoms with Crippen molar-refractivity contribution in [3.8, 4) is 0 Å². The summed E-state index contributed by atoms with van der Waals surface area (Å²) in [6.07, 6.45) is 0.800. The Labute approximate surface area is 175 Å².